The van der Waals surface area contributed by atoms with Crippen LogP contribution in [-0.4, -0.2) is 19.9 Å². The lowest BCUT2D eigenvalue weighted by Crippen LogP contribution is -2.35. The van der Waals surface area contributed by atoms with Gasteiger partial charge < -0.3 is 14.3 Å². The van der Waals surface area contributed by atoms with Crippen LogP contribution in [0.15, 0.2) is 82.3 Å². The number of nitrogens with zero attached hydrogens (tertiary/aromatic N) is 3. The zero-order chi connectivity index (χ0) is 22.9. The molecular formula is C24H18FN5O3. The van der Waals surface area contributed by atoms with Crippen molar-refractivity contribution in [1.29, 1.82) is 5.41 Å². The van der Waals surface area contributed by atoms with Gasteiger partial charge in [0, 0.05) is 6.20 Å². The lowest BCUT2D eigenvalue weighted by Gasteiger charge is -2.15. The van der Waals surface area contributed by atoms with Gasteiger partial charge in [0.15, 0.2) is 0 Å². The standard InChI is InChI=1S/C24H18FN5O3/c25-16-8-6-15(7-9-16)14-30-21(26)18(23(31)27-13-17-4-3-11-33-17)12-19-22(30)28-20-5-1-2-10-29(20)24(19)32/h1-12,26H,13-14H2,(H,27,31). The fraction of sp³-hybridized carbons (Fsp3) is 0.0833. The number of carbonyl (C=O) groups excluding carboxylic acids is 1. The van der Waals surface area contributed by atoms with E-state index < -0.39 is 5.91 Å². The van der Waals surface area contributed by atoms with E-state index in [-0.39, 0.29) is 46.6 Å². The molecule has 5 aromatic rings. The van der Waals surface area contributed by atoms with E-state index in [9.17, 15) is 14.0 Å². The van der Waals surface area contributed by atoms with Crippen LogP contribution in [0, 0.1) is 11.2 Å². The molecule has 0 aliphatic rings. The van der Waals surface area contributed by atoms with E-state index in [0.717, 1.165) is 0 Å². The number of rotatable bonds is 5. The Morgan fingerprint density at radius 3 is 2.70 bits per heavy atom. The van der Waals surface area contributed by atoms with Gasteiger partial charge >= 0.3 is 0 Å². The molecular weight excluding hydrogens is 425 g/mol. The van der Waals surface area contributed by atoms with Crippen LogP contribution in [0.3, 0.4) is 0 Å². The lowest BCUT2D eigenvalue weighted by molar-refractivity contribution is 0.0945. The number of nitrogens with one attached hydrogen (secondary N) is 2. The number of carbonyl (C=O) groups is 1. The maximum atomic E-state index is 13.4. The van der Waals surface area contributed by atoms with E-state index in [1.807, 2.05) is 0 Å². The average molecular weight is 443 g/mol. The van der Waals surface area contributed by atoms with Crippen molar-refractivity contribution in [3.8, 4) is 0 Å². The predicted molar refractivity (Wildman–Crippen MR) is 118 cm³/mol. The molecule has 1 amide bonds. The van der Waals surface area contributed by atoms with E-state index >= 15 is 0 Å². The SMILES string of the molecule is N=c1c(C(=O)NCc2ccco2)cc2c(=O)n3ccccc3nc2n1Cc1ccc(F)cc1. The highest BCUT2D eigenvalue weighted by molar-refractivity contribution is 5.96. The van der Waals surface area contributed by atoms with Crippen molar-refractivity contribution >= 4 is 22.6 Å². The molecule has 8 nitrogen and oxygen atoms in total. The van der Waals surface area contributed by atoms with Crippen molar-refractivity contribution in [2.24, 2.45) is 0 Å². The van der Waals surface area contributed by atoms with Crippen LogP contribution in [0.25, 0.3) is 16.7 Å². The number of benzene rings is 1. The van der Waals surface area contributed by atoms with Gasteiger partial charge in [-0.15, -0.1) is 0 Å². The third-order valence-electron chi connectivity index (χ3n) is 5.32. The second-order valence-corrected chi connectivity index (χ2v) is 7.46. The summed E-state index contributed by atoms with van der Waals surface area (Å²) in [7, 11) is 0. The molecule has 0 aliphatic carbocycles. The number of fused-ring (bicyclic) bond motifs is 2. The van der Waals surface area contributed by atoms with Crippen LogP contribution in [0.2, 0.25) is 0 Å². The molecule has 0 saturated carbocycles. The number of furan rings is 1. The average Bonchev–Trinajstić information content (AvgIpc) is 3.35. The van der Waals surface area contributed by atoms with Crippen LogP contribution in [-0.2, 0) is 13.1 Å². The Labute approximate surface area is 186 Å². The van der Waals surface area contributed by atoms with Crippen molar-refractivity contribution in [2.75, 3.05) is 0 Å². The molecule has 0 bridgehead atoms. The molecule has 0 aliphatic heterocycles. The van der Waals surface area contributed by atoms with Crippen LogP contribution >= 0.6 is 0 Å². The molecule has 1 aromatic carbocycles. The second-order valence-electron chi connectivity index (χ2n) is 7.46. The van der Waals surface area contributed by atoms with E-state index in [0.29, 0.717) is 17.0 Å². The highest BCUT2D eigenvalue weighted by Crippen LogP contribution is 2.13. The van der Waals surface area contributed by atoms with E-state index in [2.05, 4.69) is 10.3 Å². The summed E-state index contributed by atoms with van der Waals surface area (Å²) in [5.41, 5.74) is 0.922. The van der Waals surface area contributed by atoms with Crippen LogP contribution in [0.5, 0.6) is 0 Å². The third kappa shape index (κ3) is 3.80. The Kier molecular flexibility index (Phi) is 5.06. The summed E-state index contributed by atoms with van der Waals surface area (Å²) in [4.78, 5) is 30.8. The Bertz CT molecular complexity index is 1600. The molecule has 4 aromatic heterocycles. The smallest absolute Gasteiger partial charge is 0.267 e. The highest BCUT2D eigenvalue weighted by Gasteiger charge is 2.18. The van der Waals surface area contributed by atoms with Gasteiger partial charge in [-0.3, -0.25) is 19.4 Å². The highest BCUT2D eigenvalue weighted by atomic mass is 19.1. The van der Waals surface area contributed by atoms with Gasteiger partial charge in [0.2, 0.25) is 0 Å². The van der Waals surface area contributed by atoms with Crippen molar-refractivity contribution in [3.63, 3.8) is 0 Å². The topological polar surface area (TPSA) is 105 Å². The summed E-state index contributed by atoms with van der Waals surface area (Å²) in [6.07, 6.45) is 3.10. The quantitative estimate of drug-likeness (QED) is 0.408. The summed E-state index contributed by atoms with van der Waals surface area (Å²) in [5, 5.41) is 11.6. The number of pyridine rings is 2. The van der Waals surface area contributed by atoms with Crippen molar-refractivity contribution < 1.29 is 13.6 Å². The summed E-state index contributed by atoms with van der Waals surface area (Å²) < 4.78 is 21.5. The Morgan fingerprint density at radius 1 is 1.12 bits per heavy atom. The number of halogens is 1. The molecule has 0 radical (unpaired) electrons. The van der Waals surface area contributed by atoms with Gasteiger partial charge in [0.1, 0.15) is 28.4 Å². The first-order valence-electron chi connectivity index (χ1n) is 10.2. The fourth-order valence-electron chi connectivity index (χ4n) is 3.66. The van der Waals surface area contributed by atoms with Gasteiger partial charge in [-0.05, 0) is 48.0 Å². The van der Waals surface area contributed by atoms with Crippen LogP contribution in [0.1, 0.15) is 21.7 Å². The van der Waals surface area contributed by atoms with Gasteiger partial charge in [-0.2, -0.15) is 0 Å². The van der Waals surface area contributed by atoms with Crippen molar-refractivity contribution in [2.45, 2.75) is 13.1 Å². The van der Waals surface area contributed by atoms with Crippen molar-refractivity contribution in [3.05, 3.63) is 112 Å². The van der Waals surface area contributed by atoms with E-state index in [1.165, 1.54) is 33.4 Å². The van der Waals surface area contributed by atoms with Gasteiger partial charge in [0.05, 0.1) is 30.3 Å². The molecule has 33 heavy (non-hydrogen) atoms. The number of hydrogen-bond acceptors (Lipinski definition) is 5. The molecule has 2 N–H and O–H groups in total. The summed E-state index contributed by atoms with van der Waals surface area (Å²) in [5.74, 6) is -0.348. The molecule has 0 saturated heterocycles. The largest absolute Gasteiger partial charge is 0.467 e. The second kappa shape index (κ2) is 8.19. The minimum Gasteiger partial charge on any atom is -0.467 e. The maximum Gasteiger partial charge on any atom is 0.267 e. The molecule has 0 unspecified atom stereocenters. The molecule has 9 heteroatoms. The van der Waals surface area contributed by atoms with E-state index in [1.54, 1.807) is 48.7 Å². The minimum atomic E-state index is -0.524. The van der Waals surface area contributed by atoms with Crippen LogP contribution < -0.4 is 16.4 Å². The Hall–Kier alpha value is -4.53. The predicted octanol–water partition coefficient (Wildman–Crippen LogP) is 2.84. The first kappa shape index (κ1) is 20.4. The molecule has 0 atom stereocenters. The van der Waals surface area contributed by atoms with Gasteiger partial charge in [-0.1, -0.05) is 18.2 Å². The number of hydrogen-bond donors (Lipinski definition) is 2. The maximum absolute atomic E-state index is 13.4. The normalized spacial score (nSPS) is 11.2. The Balaban J connectivity index is 1.69. The zero-order valence-corrected chi connectivity index (χ0v) is 17.3. The lowest BCUT2D eigenvalue weighted by atomic mass is 10.1. The summed E-state index contributed by atoms with van der Waals surface area (Å²) in [6.45, 7) is 0.264. The first-order valence-corrected chi connectivity index (χ1v) is 10.2. The van der Waals surface area contributed by atoms with Gasteiger partial charge in [0.25, 0.3) is 11.5 Å². The monoisotopic (exact) mass is 443 g/mol. The minimum absolute atomic E-state index is 0.0194. The number of amides is 1. The zero-order valence-electron chi connectivity index (χ0n) is 17.3. The third-order valence-corrected chi connectivity index (χ3v) is 5.32. The molecule has 0 fully saturated rings. The summed E-state index contributed by atoms with van der Waals surface area (Å²) in [6, 6.07) is 15.8. The molecule has 5 rings (SSSR count). The summed E-state index contributed by atoms with van der Waals surface area (Å²) >= 11 is 0. The molecule has 4 heterocycles. The Morgan fingerprint density at radius 2 is 1.94 bits per heavy atom. The first-order chi connectivity index (χ1) is 16.0. The molecule has 0 spiro atoms. The number of aromatic nitrogens is 3. The molecule has 164 valence electrons. The van der Waals surface area contributed by atoms with Crippen molar-refractivity contribution in [1.82, 2.24) is 19.3 Å². The van der Waals surface area contributed by atoms with Crippen LogP contribution in [0.4, 0.5) is 4.39 Å². The van der Waals surface area contributed by atoms with Gasteiger partial charge in [-0.25, -0.2) is 9.37 Å². The fourth-order valence-corrected chi connectivity index (χ4v) is 3.66. The van der Waals surface area contributed by atoms with E-state index in [4.69, 9.17) is 9.83 Å².